The number of thiocarbonyl (C=S) groups is 1. The maximum absolute atomic E-state index is 12.2. The van der Waals surface area contributed by atoms with Crippen molar-refractivity contribution in [3.05, 3.63) is 34.2 Å². The van der Waals surface area contributed by atoms with E-state index in [1.165, 1.54) is 0 Å². The number of rotatable bonds is 4. The van der Waals surface area contributed by atoms with Crippen LogP contribution in [0, 0.1) is 11.8 Å². The Balaban J connectivity index is 1.70. The highest BCUT2D eigenvalue weighted by Crippen LogP contribution is 2.35. The van der Waals surface area contributed by atoms with Crippen molar-refractivity contribution in [1.82, 2.24) is 20.1 Å². The molecule has 0 aromatic carbocycles. The summed E-state index contributed by atoms with van der Waals surface area (Å²) in [7, 11) is 0. The molecule has 1 aromatic heterocycles. The van der Waals surface area contributed by atoms with Gasteiger partial charge in [0.25, 0.3) is 5.56 Å². The van der Waals surface area contributed by atoms with Gasteiger partial charge in [0.15, 0.2) is 5.11 Å². The zero-order valence-corrected chi connectivity index (χ0v) is 19.4. The molecule has 1 unspecified atom stereocenters. The van der Waals surface area contributed by atoms with Crippen molar-refractivity contribution in [2.75, 3.05) is 13.1 Å². The number of alkyl halides is 3. The van der Waals surface area contributed by atoms with E-state index in [-0.39, 0.29) is 23.3 Å². The Hall–Kier alpha value is -1.02. The van der Waals surface area contributed by atoms with Crippen molar-refractivity contribution in [3.8, 4) is 0 Å². The Kier molecular flexibility index (Phi) is 7.03. The Labute approximate surface area is 190 Å². The molecule has 3 atom stereocenters. The van der Waals surface area contributed by atoms with Crippen LogP contribution < -0.4 is 16.2 Å². The number of carbonyl (C=O) groups excluding carboxylic acids is 1. The van der Waals surface area contributed by atoms with Crippen LogP contribution in [0.25, 0.3) is 0 Å². The number of pyridine rings is 1. The van der Waals surface area contributed by atoms with E-state index in [1.54, 1.807) is 12.1 Å². The molecule has 1 fully saturated rings. The lowest BCUT2D eigenvalue weighted by atomic mass is 9.83. The number of hydrogen-bond acceptors (Lipinski definition) is 3. The highest BCUT2D eigenvalue weighted by atomic mass is 35.6. The van der Waals surface area contributed by atoms with Gasteiger partial charge in [0.05, 0.1) is 0 Å². The Morgan fingerprint density at radius 1 is 1.24 bits per heavy atom. The summed E-state index contributed by atoms with van der Waals surface area (Å²) in [6, 6.07) is 5.39. The SMILES string of the molecule is CC(C)CC(=O)NC(NC(=S)N1C[C@H]2C[C@H](C1)c1cccc(=O)n1C2)C(Cl)(Cl)Cl. The zero-order valence-electron chi connectivity index (χ0n) is 16.3. The van der Waals surface area contributed by atoms with E-state index in [1.807, 2.05) is 29.4 Å². The van der Waals surface area contributed by atoms with Crippen LogP contribution in [0.15, 0.2) is 23.0 Å². The molecule has 29 heavy (non-hydrogen) atoms. The van der Waals surface area contributed by atoms with Crippen molar-refractivity contribution < 1.29 is 4.79 Å². The van der Waals surface area contributed by atoms with Crippen LogP contribution in [0.4, 0.5) is 0 Å². The lowest BCUT2D eigenvalue weighted by molar-refractivity contribution is -0.122. The molecule has 1 aromatic rings. The smallest absolute Gasteiger partial charge is 0.250 e. The van der Waals surface area contributed by atoms with E-state index >= 15 is 0 Å². The molecule has 2 N–H and O–H groups in total. The van der Waals surface area contributed by atoms with Gasteiger partial charge in [-0.1, -0.05) is 54.7 Å². The first kappa shape index (κ1) is 22.7. The van der Waals surface area contributed by atoms with Gasteiger partial charge < -0.3 is 20.1 Å². The number of hydrogen-bond donors (Lipinski definition) is 2. The van der Waals surface area contributed by atoms with Gasteiger partial charge in [-0.3, -0.25) is 9.59 Å². The van der Waals surface area contributed by atoms with E-state index in [9.17, 15) is 9.59 Å². The van der Waals surface area contributed by atoms with Crippen molar-refractivity contribution in [2.45, 2.75) is 49.1 Å². The Bertz CT molecular complexity index is 839. The quantitative estimate of drug-likeness (QED) is 0.395. The van der Waals surface area contributed by atoms with Crippen molar-refractivity contribution in [1.29, 1.82) is 0 Å². The lowest BCUT2D eigenvalue weighted by Gasteiger charge is -2.44. The minimum Gasteiger partial charge on any atom is -0.348 e. The van der Waals surface area contributed by atoms with Crippen LogP contribution in [0.5, 0.6) is 0 Å². The molecular weight excluding hydrogens is 455 g/mol. The van der Waals surface area contributed by atoms with Crippen molar-refractivity contribution in [2.24, 2.45) is 11.8 Å². The Morgan fingerprint density at radius 3 is 2.62 bits per heavy atom. The number of likely N-dealkylation sites (tertiary alicyclic amines) is 1. The topological polar surface area (TPSA) is 66.4 Å². The normalized spacial score (nSPS) is 22.1. The summed E-state index contributed by atoms with van der Waals surface area (Å²) >= 11 is 23.8. The van der Waals surface area contributed by atoms with Gasteiger partial charge in [-0.05, 0) is 36.5 Å². The molecule has 0 aliphatic carbocycles. The van der Waals surface area contributed by atoms with Gasteiger partial charge in [-0.25, -0.2) is 0 Å². The fourth-order valence-corrected chi connectivity index (χ4v) is 4.66. The number of carbonyl (C=O) groups is 1. The first-order valence-electron chi connectivity index (χ1n) is 9.66. The van der Waals surface area contributed by atoms with Gasteiger partial charge >= 0.3 is 0 Å². The third-order valence-electron chi connectivity index (χ3n) is 5.26. The highest BCUT2D eigenvalue weighted by Gasteiger charge is 2.38. The first-order chi connectivity index (χ1) is 13.5. The molecule has 3 rings (SSSR count). The molecule has 6 nitrogen and oxygen atoms in total. The maximum Gasteiger partial charge on any atom is 0.250 e. The summed E-state index contributed by atoms with van der Waals surface area (Å²) < 4.78 is 0.102. The predicted molar refractivity (Wildman–Crippen MR) is 121 cm³/mol. The first-order valence-corrected chi connectivity index (χ1v) is 11.2. The molecule has 3 heterocycles. The average Bonchev–Trinajstić information content (AvgIpc) is 2.60. The number of nitrogens with zero attached hydrogens (tertiary/aromatic N) is 2. The largest absolute Gasteiger partial charge is 0.348 e. The van der Waals surface area contributed by atoms with Crippen LogP contribution >= 0.6 is 47.0 Å². The van der Waals surface area contributed by atoms with Crippen molar-refractivity contribution >= 4 is 58.0 Å². The molecule has 10 heteroatoms. The molecule has 2 aliphatic heterocycles. The summed E-state index contributed by atoms with van der Waals surface area (Å²) in [4.78, 5) is 26.4. The third kappa shape index (κ3) is 5.57. The second-order valence-corrected chi connectivity index (χ2v) is 10.9. The van der Waals surface area contributed by atoms with E-state index in [0.717, 1.165) is 12.1 Å². The number of aromatic nitrogens is 1. The fraction of sp³-hybridized carbons (Fsp3) is 0.632. The van der Waals surface area contributed by atoms with Crippen LogP contribution in [-0.4, -0.2) is 43.5 Å². The molecule has 160 valence electrons. The molecule has 1 amide bonds. The summed E-state index contributed by atoms with van der Waals surface area (Å²) in [6.07, 6.45) is 0.398. The van der Waals surface area contributed by atoms with E-state index in [2.05, 4.69) is 10.6 Å². The Morgan fingerprint density at radius 2 is 1.97 bits per heavy atom. The molecule has 1 saturated heterocycles. The highest BCUT2D eigenvalue weighted by molar-refractivity contribution is 7.80. The predicted octanol–water partition coefficient (Wildman–Crippen LogP) is 3.00. The van der Waals surface area contributed by atoms with E-state index in [0.29, 0.717) is 37.1 Å². The number of amides is 1. The molecule has 2 aliphatic rings. The summed E-state index contributed by atoms with van der Waals surface area (Å²) in [5.41, 5.74) is 1.07. The standard InChI is InChI=1S/C19H25Cl3N4O2S/c1-11(2)6-15(27)23-17(19(20,21)22)24-18(29)25-8-12-7-13(10-25)14-4-3-5-16(28)26(14)9-12/h3-5,11-13,17H,6-10H2,1-2H3,(H,23,27)(H,24,29)/t12-,13-,17?/m1/s1. The van der Waals surface area contributed by atoms with Crippen LogP contribution in [-0.2, 0) is 11.3 Å². The zero-order chi connectivity index (χ0) is 21.3. The van der Waals surface area contributed by atoms with Crippen molar-refractivity contribution in [3.63, 3.8) is 0 Å². The van der Waals surface area contributed by atoms with Gasteiger partial charge in [-0.15, -0.1) is 0 Å². The maximum atomic E-state index is 12.2. The lowest BCUT2D eigenvalue weighted by Crippen LogP contribution is -2.60. The second kappa shape index (κ2) is 9.00. The van der Waals surface area contributed by atoms with Gasteiger partial charge in [-0.2, -0.15) is 0 Å². The third-order valence-corrected chi connectivity index (χ3v) is 6.29. The van der Waals surface area contributed by atoms with Gasteiger partial charge in [0.2, 0.25) is 9.70 Å². The molecule has 0 radical (unpaired) electrons. The minimum absolute atomic E-state index is 0.0375. The molecular formula is C19H25Cl3N4O2S. The monoisotopic (exact) mass is 478 g/mol. The van der Waals surface area contributed by atoms with Gasteiger partial charge in [0, 0.05) is 43.7 Å². The van der Waals surface area contributed by atoms with E-state index < -0.39 is 9.96 Å². The molecule has 0 spiro atoms. The number of nitrogens with one attached hydrogen (secondary N) is 2. The van der Waals surface area contributed by atoms with Gasteiger partial charge in [0.1, 0.15) is 6.17 Å². The fourth-order valence-electron chi connectivity index (χ4n) is 4.07. The summed E-state index contributed by atoms with van der Waals surface area (Å²) in [5, 5.41) is 6.17. The van der Waals surface area contributed by atoms with Crippen LogP contribution in [0.1, 0.15) is 38.3 Å². The number of piperidine rings is 1. The average molecular weight is 480 g/mol. The second-order valence-electron chi connectivity index (χ2n) is 8.19. The number of halogens is 3. The minimum atomic E-state index is -1.76. The summed E-state index contributed by atoms with van der Waals surface area (Å²) in [6.45, 7) is 5.92. The summed E-state index contributed by atoms with van der Waals surface area (Å²) in [5.74, 6) is 0.485. The molecule has 2 bridgehead atoms. The van der Waals surface area contributed by atoms with Crippen LogP contribution in [0.2, 0.25) is 0 Å². The number of fused-ring (bicyclic) bond motifs is 4. The molecule has 0 saturated carbocycles. The van der Waals surface area contributed by atoms with E-state index in [4.69, 9.17) is 47.0 Å². The van der Waals surface area contributed by atoms with Crippen LogP contribution in [0.3, 0.4) is 0 Å².